The van der Waals surface area contributed by atoms with Gasteiger partial charge in [-0.05, 0) is 26.0 Å². The van der Waals surface area contributed by atoms with E-state index in [1.54, 1.807) is 0 Å². The Balaban J connectivity index is 2.61. The number of hydrogen-bond acceptors (Lipinski definition) is 1. The summed E-state index contributed by atoms with van der Waals surface area (Å²) >= 11 is 0. The zero-order valence-corrected chi connectivity index (χ0v) is 9.19. The highest BCUT2D eigenvalue weighted by molar-refractivity contribution is 5.21. The van der Waals surface area contributed by atoms with E-state index in [4.69, 9.17) is 0 Å². The number of nitrogens with one attached hydrogen (secondary N) is 1. The number of unbranched alkanes of at least 4 members (excludes halogenated alkanes) is 1. The molecule has 0 saturated carbocycles. The largest absolute Gasteiger partial charge is 0.310 e. The molecule has 1 nitrogen and oxygen atoms in total. The Kier molecular flexibility index (Phi) is 4.69. The first-order valence-corrected chi connectivity index (χ1v) is 5.33. The van der Waals surface area contributed by atoms with Crippen molar-refractivity contribution in [2.24, 2.45) is 0 Å². The summed E-state index contributed by atoms with van der Waals surface area (Å²) in [6, 6.07) is 3.63. The standard InChI is InChI=1S/C12H17F2N/c1-3-4-7-15-9(2)11-6-5-10(13)8-12(11)14/h5-6,8-9,15H,3-4,7H2,1-2H3/t9-/m1/s1. The Morgan fingerprint density at radius 1 is 1.33 bits per heavy atom. The highest BCUT2D eigenvalue weighted by atomic mass is 19.1. The predicted molar refractivity (Wildman–Crippen MR) is 57.7 cm³/mol. The molecule has 0 aromatic heterocycles. The van der Waals surface area contributed by atoms with Crippen LogP contribution in [0.2, 0.25) is 0 Å². The van der Waals surface area contributed by atoms with E-state index in [1.165, 1.54) is 12.1 Å². The molecule has 0 unspecified atom stereocenters. The van der Waals surface area contributed by atoms with Gasteiger partial charge < -0.3 is 5.32 Å². The molecule has 0 bridgehead atoms. The van der Waals surface area contributed by atoms with E-state index >= 15 is 0 Å². The smallest absolute Gasteiger partial charge is 0.130 e. The van der Waals surface area contributed by atoms with Crippen LogP contribution in [0.3, 0.4) is 0 Å². The van der Waals surface area contributed by atoms with E-state index in [1.807, 2.05) is 6.92 Å². The zero-order chi connectivity index (χ0) is 11.3. The third-order valence-corrected chi connectivity index (χ3v) is 2.41. The number of rotatable bonds is 5. The van der Waals surface area contributed by atoms with E-state index in [0.717, 1.165) is 25.5 Å². The number of halogens is 2. The average Bonchev–Trinajstić information content (AvgIpc) is 2.17. The van der Waals surface area contributed by atoms with Crippen LogP contribution in [0, 0.1) is 11.6 Å². The molecule has 0 aliphatic carbocycles. The molecule has 1 N–H and O–H groups in total. The van der Waals surface area contributed by atoms with Crippen LogP contribution >= 0.6 is 0 Å². The first-order chi connectivity index (χ1) is 7.15. The van der Waals surface area contributed by atoms with Gasteiger partial charge in [-0.25, -0.2) is 8.78 Å². The molecule has 1 aromatic carbocycles. The lowest BCUT2D eigenvalue weighted by Crippen LogP contribution is -2.20. The van der Waals surface area contributed by atoms with Gasteiger partial charge in [0.1, 0.15) is 11.6 Å². The van der Waals surface area contributed by atoms with Crippen LogP contribution in [-0.4, -0.2) is 6.54 Å². The maximum Gasteiger partial charge on any atom is 0.130 e. The van der Waals surface area contributed by atoms with Crippen molar-refractivity contribution >= 4 is 0 Å². The molecule has 1 atom stereocenters. The van der Waals surface area contributed by atoms with Crippen molar-refractivity contribution in [1.82, 2.24) is 5.32 Å². The molecular formula is C12H17F2N. The maximum atomic E-state index is 13.3. The highest BCUT2D eigenvalue weighted by Crippen LogP contribution is 2.17. The van der Waals surface area contributed by atoms with Crippen molar-refractivity contribution in [2.45, 2.75) is 32.7 Å². The molecular weight excluding hydrogens is 196 g/mol. The van der Waals surface area contributed by atoms with Gasteiger partial charge in [0.2, 0.25) is 0 Å². The van der Waals surface area contributed by atoms with Crippen LogP contribution in [0.1, 0.15) is 38.3 Å². The van der Waals surface area contributed by atoms with Crippen molar-refractivity contribution in [3.05, 3.63) is 35.4 Å². The van der Waals surface area contributed by atoms with E-state index in [9.17, 15) is 8.78 Å². The third-order valence-electron chi connectivity index (χ3n) is 2.41. The molecule has 0 heterocycles. The van der Waals surface area contributed by atoms with Crippen LogP contribution in [0.4, 0.5) is 8.78 Å². The fourth-order valence-electron chi connectivity index (χ4n) is 1.46. The van der Waals surface area contributed by atoms with Crippen LogP contribution in [0.5, 0.6) is 0 Å². The van der Waals surface area contributed by atoms with Gasteiger partial charge in [0.05, 0.1) is 0 Å². The number of hydrogen-bond donors (Lipinski definition) is 1. The molecule has 1 rings (SSSR count). The van der Waals surface area contributed by atoms with Gasteiger partial charge in [-0.1, -0.05) is 19.4 Å². The molecule has 0 aliphatic rings. The zero-order valence-electron chi connectivity index (χ0n) is 9.19. The van der Waals surface area contributed by atoms with Gasteiger partial charge in [0, 0.05) is 17.7 Å². The topological polar surface area (TPSA) is 12.0 Å². The summed E-state index contributed by atoms with van der Waals surface area (Å²) in [4.78, 5) is 0. The molecule has 0 amide bonds. The van der Waals surface area contributed by atoms with Crippen molar-refractivity contribution in [3.63, 3.8) is 0 Å². The van der Waals surface area contributed by atoms with E-state index in [2.05, 4.69) is 12.2 Å². The minimum absolute atomic E-state index is 0.0721. The molecule has 0 radical (unpaired) electrons. The Morgan fingerprint density at radius 3 is 2.67 bits per heavy atom. The number of benzene rings is 1. The summed E-state index contributed by atoms with van der Waals surface area (Å²) in [6.45, 7) is 4.84. The first kappa shape index (κ1) is 12.1. The lowest BCUT2D eigenvalue weighted by molar-refractivity contribution is 0.511. The summed E-state index contributed by atoms with van der Waals surface area (Å²) in [5.41, 5.74) is 0.521. The van der Waals surface area contributed by atoms with Gasteiger partial charge in [-0.3, -0.25) is 0 Å². The highest BCUT2D eigenvalue weighted by Gasteiger charge is 2.10. The van der Waals surface area contributed by atoms with Crippen LogP contribution < -0.4 is 5.32 Å². The molecule has 3 heteroatoms. The molecule has 0 saturated heterocycles. The normalized spacial score (nSPS) is 12.8. The minimum atomic E-state index is -0.531. The summed E-state index contributed by atoms with van der Waals surface area (Å²) in [5.74, 6) is -1.01. The van der Waals surface area contributed by atoms with Gasteiger partial charge in [0.15, 0.2) is 0 Å². The maximum absolute atomic E-state index is 13.3. The lowest BCUT2D eigenvalue weighted by Gasteiger charge is -2.14. The van der Waals surface area contributed by atoms with Crippen molar-refractivity contribution in [3.8, 4) is 0 Å². The van der Waals surface area contributed by atoms with Gasteiger partial charge in [0.25, 0.3) is 0 Å². The Hall–Kier alpha value is -0.960. The fraction of sp³-hybridized carbons (Fsp3) is 0.500. The molecule has 84 valence electrons. The van der Waals surface area contributed by atoms with E-state index < -0.39 is 11.6 Å². The quantitative estimate of drug-likeness (QED) is 0.739. The second kappa shape index (κ2) is 5.81. The monoisotopic (exact) mass is 213 g/mol. The summed E-state index contributed by atoms with van der Waals surface area (Å²) in [6.07, 6.45) is 2.17. The van der Waals surface area contributed by atoms with Crippen LogP contribution in [-0.2, 0) is 0 Å². The first-order valence-electron chi connectivity index (χ1n) is 5.33. The second-order valence-corrected chi connectivity index (χ2v) is 3.70. The molecule has 0 fully saturated rings. The van der Waals surface area contributed by atoms with Gasteiger partial charge >= 0.3 is 0 Å². The Morgan fingerprint density at radius 2 is 2.07 bits per heavy atom. The summed E-state index contributed by atoms with van der Waals surface area (Å²) < 4.78 is 26.0. The Bertz CT molecular complexity index is 312. The average molecular weight is 213 g/mol. The lowest BCUT2D eigenvalue weighted by atomic mass is 10.1. The van der Waals surface area contributed by atoms with Crippen molar-refractivity contribution in [1.29, 1.82) is 0 Å². The van der Waals surface area contributed by atoms with Gasteiger partial charge in [-0.2, -0.15) is 0 Å². The third kappa shape index (κ3) is 3.59. The SMILES string of the molecule is CCCCN[C@H](C)c1ccc(F)cc1F. The van der Waals surface area contributed by atoms with E-state index in [-0.39, 0.29) is 6.04 Å². The molecule has 1 aromatic rings. The molecule has 0 aliphatic heterocycles. The molecule has 0 spiro atoms. The minimum Gasteiger partial charge on any atom is -0.310 e. The van der Waals surface area contributed by atoms with E-state index in [0.29, 0.717) is 5.56 Å². The summed E-state index contributed by atoms with van der Waals surface area (Å²) in [7, 11) is 0. The fourth-order valence-corrected chi connectivity index (χ4v) is 1.46. The van der Waals surface area contributed by atoms with Crippen LogP contribution in [0.15, 0.2) is 18.2 Å². The van der Waals surface area contributed by atoms with Crippen LogP contribution in [0.25, 0.3) is 0 Å². The molecule has 15 heavy (non-hydrogen) atoms. The predicted octanol–water partition coefficient (Wildman–Crippen LogP) is 3.42. The van der Waals surface area contributed by atoms with Gasteiger partial charge in [-0.15, -0.1) is 0 Å². The Labute approximate surface area is 89.5 Å². The van der Waals surface area contributed by atoms with Crippen molar-refractivity contribution < 1.29 is 8.78 Å². The summed E-state index contributed by atoms with van der Waals surface area (Å²) in [5, 5.41) is 3.20. The van der Waals surface area contributed by atoms with Crippen molar-refractivity contribution in [2.75, 3.05) is 6.54 Å². The second-order valence-electron chi connectivity index (χ2n) is 3.70.